The largest absolute Gasteiger partial charge is 0.396 e. The number of hydrogen-bond acceptors (Lipinski definition) is 6. The molecule has 4 N–H and O–H groups in total. The first-order valence-electron chi connectivity index (χ1n) is 7.30. The van der Waals surface area contributed by atoms with Gasteiger partial charge in [0.05, 0.1) is 5.56 Å². The number of nitrogens with one attached hydrogen (secondary N) is 1. The highest BCUT2D eigenvalue weighted by atomic mass is 32.1. The minimum atomic E-state index is 0.284. The van der Waals surface area contributed by atoms with Crippen molar-refractivity contribution in [1.29, 1.82) is 0 Å². The fraction of sp³-hybridized carbons (Fsp3) is 0.467. The smallest absolute Gasteiger partial charge is 0.147 e. The van der Waals surface area contributed by atoms with Gasteiger partial charge in [-0.2, -0.15) is 4.37 Å². The number of pyridine rings is 1. The Labute approximate surface area is 128 Å². The second kappa shape index (κ2) is 6.41. The zero-order valence-corrected chi connectivity index (χ0v) is 12.6. The second-order valence-electron chi connectivity index (χ2n) is 5.53. The number of nitrogens with zero attached hydrogens (tertiary/aromatic N) is 2. The molecule has 1 fully saturated rings. The van der Waals surface area contributed by atoms with Gasteiger partial charge in [-0.1, -0.05) is 12.5 Å². The summed E-state index contributed by atoms with van der Waals surface area (Å²) in [5.74, 6) is 1.49. The lowest BCUT2D eigenvalue weighted by molar-refractivity contribution is 0.199. The van der Waals surface area contributed by atoms with Gasteiger partial charge in [0, 0.05) is 31.1 Å². The van der Waals surface area contributed by atoms with Crippen molar-refractivity contribution in [3.63, 3.8) is 0 Å². The van der Waals surface area contributed by atoms with Crippen LogP contribution in [0.2, 0.25) is 0 Å². The van der Waals surface area contributed by atoms with Crippen molar-refractivity contribution in [1.82, 2.24) is 9.36 Å². The van der Waals surface area contributed by atoms with Gasteiger partial charge in [0.15, 0.2) is 0 Å². The molecule has 2 unspecified atom stereocenters. The molecule has 1 aliphatic rings. The molecule has 0 amide bonds. The van der Waals surface area contributed by atoms with Crippen molar-refractivity contribution in [2.24, 2.45) is 11.8 Å². The third kappa shape index (κ3) is 3.01. The molecular weight excluding hydrogens is 284 g/mol. The van der Waals surface area contributed by atoms with E-state index in [1.54, 1.807) is 12.4 Å². The van der Waals surface area contributed by atoms with E-state index in [-0.39, 0.29) is 6.61 Å². The molecule has 0 aliphatic heterocycles. The summed E-state index contributed by atoms with van der Waals surface area (Å²) >= 11 is 1.39. The highest BCUT2D eigenvalue weighted by Crippen LogP contribution is 2.37. The number of aliphatic hydroxyl groups excluding tert-OH is 1. The molecule has 0 spiro atoms. The van der Waals surface area contributed by atoms with Crippen LogP contribution in [-0.2, 0) is 0 Å². The van der Waals surface area contributed by atoms with Crippen LogP contribution < -0.4 is 11.1 Å². The monoisotopic (exact) mass is 304 g/mol. The van der Waals surface area contributed by atoms with E-state index < -0.39 is 0 Å². The molecule has 1 aliphatic carbocycles. The molecule has 0 bridgehead atoms. The Morgan fingerprint density at radius 2 is 2.24 bits per heavy atom. The van der Waals surface area contributed by atoms with Gasteiger partial charge in [-0.3, -0.25) is 4.98 Å². The maximum Gasteiger partial charge on any atom is 0.147 e. The summed E-state index contributed by atoms with van der Waals surface area (Å²) in [5.41, 5.74) is 7.92. The lowest BCUT2D eigenvalue weighted by atomic mass is 9.97. The first kappa shape index (κ1) is 14.3. The lowest BCUT2D eigenvalue weighted by Crippen LogP contribution is -2.20. The van der Waals surface area contributed by atoms with Gasteiger partial charge < -0.3 is 16.2 Å². The number of nitrogens with two attached hydrogens (primary N) is 1. The summed E-state index contributed by atoms with van der Waals surface area (Å²) in [7, 11) is 0. The Balaban J connectivity index is 1.75. The summed E-state index contributed by atoms with van der Waals surface area (Å²) in [6.45, 7) is 1.15. The van der Waals surface area contributed by atoms with E-state index in [2.05, 4.69) is 14.7 Å². The van der Waals surface area contributed by atoms with Crippen LogP contribution in [0, 0.1) is 11.8 Å². The number of aromatic nitrogens is 2. The van der Waals surface area contributed by atoms with Gasteiger partial charge in [0.1, 0.15) is 10.8 Å². The second-order valence-corrected chi connectivity index (χ2v) is 6.30. The van der Waals surface area contributed by atoms with E-state index in [1.165, 1.54) is 24.4 Å². The van der Waals surface area contributed by atoms with Crippen LogP contribution in [0.15, 0.2) is 24.5 Å². The van der Waals surface area contributed by atoms with Gasteiger partial charge in [-0.25, -0.2) is 0 Å². The normalized spacial score (nSPS) is 21.6. The minimum Gasteiger partial charge on any atom is -0.396 e. The number of nitrogen functional groups attached to an aromatic ring is 1. The standard InChI is InChI=1S/C15H20N4OS/c16-14-13(11-5-2-6-17-7-11)15(21-19-14)18-8-10-3-1-4-12(10)9-20/h2,5-7,10,12,18,20H,1,3-4,8-9H2,(H2,16,19). The molecule has 1 saturated carbocycles. The molecule has 6 heteroatoms. The maximum atomic E-state index is 9.40. The molecule has 5 nitrogen and oxygen atoms in total. The molecule has 21 heavy (non-hydrogen) atoms. The molecule has 112 valence electrons. The summed E-state index contributed by atoms with van der Waals surface area (Å²) in [4.78, 5) is 4.15. The van der Waals surface area contributed by atoms with Crippen molar-refractivity contribution >= 4 is 22.4 Å². The van der Waals surface area contributed by atoms with Crippen molar-refractivity contribution in [2.75, 3.05) is 24.2 Å². The summed E-state index contributed by atoms with van der Waals surface area (Å²) < 4.78 is 4.26. The molecule has 2 aromatic heterocycles. The number of hydrogen-bond donors (Lipinski definition) is 3. The van der Waals surface area contributed by atoms with Gasteiger partial charge in [0.25, 0.3) is 0 Å². The quantitative estimate of drug-likeness (QED) is 0.791. The highest BCUT2D eigenvalue weighted by Gasteiger charge is 2.26. The van der Waals surface area contributed by atoms with Gasteiger partial charge in [-0.05, 0) is 42.3 Å². The Morgan fingerprint density at radius 3 is 3.00 bits per heavy atom. The first-order valence-corrected chi connectivity index (χ1v) is 8.07. The average molecular weight is 304 g/mol. The Hall–Kier alpha value is -1.66. The van der Waals surface area contributed by atoms with Crippen molar-refractivity contribution in [3.05, 3.63) is 24.5 Å². The van der Waals surface area contributed by atoms with Crippen LogP contribution >= 0.6 is 11.5 Å². The Kier molecular flexibility index (Phi) is 4.36. The van der Waals surface area contributed by atoms with Crippen LogP contribution in [0.25, 0.3) is 11.1 Å². The molecule has 0 saturated heterocycles. The minimum absolute atomic E-state index is 0.284. The lowest BCUT2D eigenvalue weighted by Gasteiger charge is -2.18. The fourth-order valence-corrected chi connectivity index (χ4v) is 3.80. The topological polar surface area (TPSA) is 84.1 Å². The molecule has 2 atom stereocenters. The summed E-state index contributed by atoms with van der Waals surface area (Å²) in [5, 5.41) is 13.9. The molecule has 2 aromatic rings. The number of anilines is 2. The van der Waals surface area contributed by atoms with E-state index in [0.717, 1.165) is 29.1 Å². The van der Waals surface area contributed by atoms with E-state index >= 15 is 0 Å². The first-order chi connectivity index (χ1) is 10.3. The van der Waals surface area contributed by atoms with Gasteiger partial charge >= 0.3 is 0 Å². The van der Waals surface area contributed by atoms with E-state index in [0.29, 0.717) is 17.7 Å². The van der Waals surface area contributed by atoms with Crippen molar-refractivity contribution in [2.45, 2.75) is 19.3 Å². The Morgan fingerprint density at radius 1 is 1.38 bits per heavy atom. The van der Waals surface area contributed by atoms with E-state index in [1.807, 2.05) is 12.1 Å². The maximum absolute atomic E-state index is 9.40. The summed E-state index contributed by atoms with van der Waals surface area (Å²) in [6.07, 6.45) is 7.06. The average Bonchev–Trinajstić information content (AvgIpc) is 3.12. The molecule has 0 radical (unpaired) electrons. The number of rotatable bonds is 5. The summed E-state index contributed by atoms with van der Waals surface area (Å²) in [6, 6.07) is 3.89. The number of aliphatic hydroxyl groups is 1. The molecule has 2 heterocycles. The third-order valence-electron chi connectivity index (χ3n) is 4.24. The predicted molar refractivity (Wildman–Crippen MR) is 86.2 cm³/mol. The van der Waals surface area contributed by atoms with Crippen molar-refractivity contribution < 1.29 is 5.11 Å². The predicted octanol–water partition coefficient (Wildman–Crippen LogP) is 2.61. The van der Waals surface area contributed by atoms with Gasteiger partial charge in [0.2, 0.25) is 0 Å². The van der Waals surface area contributed by atoms with Crippen LogP contribution in [0.4, 0.5) is 10.8 Å². The Bertz CT molecular complexity index is 587. The highest BCUT2D eigenvalue weighted by molar-refractivity contribution is 7.11. The van der Waals surface area contributed by atoms with Crippen LogP contribution in [0.3, 0.4) is 0 Å². The molecular formula is C15H20N4OS. The van der Waals surface area contributed by atoms with Crippen LogP contribution in [-0.4, -0.2) is 27.6 Å². The third-order valence-corrected chi connectivity index (χ3v) is 5.06. The van der Waals surface area contributed by atoms with E-state index in [9.17, 15) is 5.11 Å². The van der Waals surface area contributed by atoms with Gasteiger partial charge in [-0.15, -0.1) is 0 Å². The SMILES string of the molecule is Nc1nsc(NCC2CCCC2CO)c1-c1cccnc1. The van der Waals surface area contributed by atoms with Crippen molar-refractivity contribution in [3.8, 4) is 11.1 Å². The van der Waals surface area contributed by atoms with Crippen LogP contribution in [0.5, 0.6) is 0 Å². The zero-order valence-electron chi connectivity index (χ0n) is 11.8. The van der Waals surface area contributed by atoms with E-state index in [4.69, 9.17) is 5.73 Å². The van der Waals surface area contributed by atoms with Crippen LogP contribution in [0.1, 0.15) is 19.3 Å². The fourth-order valence-electron chi connectivity index (χ4n) is 3.06. The molecule has 0 aromatic carbocycles. The zero-order chi connectivity index (χ0) is 14.7. The molecule has 3 rings (SSSR count).